The zero-order chi connectivity index (χ0) is 18.4. The lowest BCUT2D eigenvalue weighted by molar-refractivity contribution is -0.134. The van der Waals surface area contributed by atoms with Gasteiger partial charge >= 0.3 is 0 Å². The summed E-state index contributed by atoms with van der Waals surface area (Å²) in [5.74, 6) is 0.483. The monoisotopic (exact) mass is 355 g/mol. The number of aromatic hydroxyl groups is 1. The zero-order valence-electron chi connectivity index (χ0n) is 14.0. The largest absolute Gasteiger partial charge is 0.508 e. The molecule has 1 aromatic heterocycles. The van der Waals surface area contributed by atoms with Crippen LogP contribution < -0.4 is 4.74 Å². The van der Waals surface area contributed by atoms with Crippen molar-refractivity contribution in [2.75, 3.05) is 6.61 Å². The lowest BCUT2D eigenvalue weighted by Crippen LogP contribution is -2.34. The Labute approximate surface area is 150 Å². The van der Waals surface area contributed by atoms with Gasteiger partial charge in [0.25, 0.3) is 5.91 Å². The van der Waals surface area contributed by atoms with Crippen molar-refractivity contribution >= 4 is 5.91 Å². The van der Waals surface area contributed by atoms with E-state index in [-0.39, 0.29) is 37.2 Å². The van der Waals surface area contributed by atoms with E-state index in [9.17, 15) is 14.3 Å². The van der Waals surface area contributed by atoms with Crippen LogP contribution in [0.5, 0.6) is 11.5 Å². The maximum absolute atomic E-state index is 12.9. The fourth-order valence-electron chi connectivity index (χ4n) is 2.44. The molecule has 134 valence electrons. The fraction of sp³-hybridized carbons (Fsp3) is 0.150. The van der Waals surface area contributed by atoms with Crippen LogP contribution in [0.4, 0.5) is 4.39 Å². The van der Waals surface area contributed by atoms with Gasteiger partial charge in [-0.3, -0.25) is 4.79 Å². The van der Waals surface area contributed by atoms with Gasteiger partial charge in [-0.1, -0.05) is 18.2 Å². The number of hydrogen-bond acceptors (Lipinski definition) is 4. The molecule has 0 spiro atoms. The number of nitrogens with zero attached hydrogens (tertiary/aromatic N) is 1. The highest BCUT2D eigenvalue weighted by Crippen LogP contribution is 2.20. The number of carbonyl (C=O) groups excluding carboxylic acids is 1. The van der Waals surface area contributed by atoms with Crippen LogP contribution in [-0.2, 0) is 17.9 Å². The van der Waals surface area contributed by atoms with Crippen LogP contribution in [-0.4, -0.2) is 22.5 Å². The lowest BCUT2D eigenvalue weighted by atomic mass is 10.2. The lowest BCUT2D eigenvalue weighted by Gasteiger charge is -2.22. The topological polar surface area (TPSA) is 62.9 Å². The average Bonchev–Trinajstić information content (AvgIpc) is 3.15. The molecule has 1 N–H and O–H groups in total. The SMILES string of the molecule is O=C(COc1ccc(F)cc1)N(Cc1ccco1)Cc1ccccc1O. The third-order valence-electron chi connectivity index (χ3n) is 3.81. The van der Waals surface area contributed by atoms with Crippen molar-refractivity contribution in [2.45, 2.75) is 13.1 Å². The van der Waals surface area contributed by atoms with E-state index in [4.69, 9.17) is 9.15 Å². The molecule has 0 unspecified atom stereocenters. The van der Waals surface area contributed by atoms with E-state index in [0.29, 0.717) is 17.1 Å². The summed E-state index contributed by atoms with van der Waals surface area (Å²) in [5.41, 5.74) is 0.620. The van der Waals surface area contributed by atoms with Crippen LogP contribution in [0.25, 0.3) is 0 Å². The summed E-state index contributed by atoms with van der Waals surface area (Å²) in [6.07, 6.45) is 1.53. The Bertz CT molecular complexity index is 847. The van der Waals surface area contributed by atoms with Crippen molar-refractivity contribution in [2.24, 2.45) is 0 Å². The molecule has 0 saturated carbocycles. The van der Waals surface area contributed by atoms with Crippen LogP contribution in [0, 0.1) is 5.82 Å². The molecular formula is C20H18FNO4. The van der Waals surface area contributed by atoms with E-state index in [1.54, 1.807) is 36.4 Å². The molecule has 0 radical (unpaired) electrons. The van der Waals surface area contributed by atoms with E-state index >= 15 is 0 Å². The van der Waals surface area contributed by atoms with Crippen LogP contribution >= 0.6 is 0 Å². The summed E-state index contributed by atoms with van der Waals surface area (Å²) in [4.78, 5) is 14.2. The van der Waals surface area contributed by atoms with E-state index in [2.05, 4.69) is 0 Å². The highest BCUT2D eigenvalue weighted by Gasteiger charge is 2.18. The number of para-hydroxylation sites is 1. The molecule has 0 fully saturated rings. The summed E-state index contributed by atoms with van der Waals surface area (Å²) in [5, 5.41) is 9.97. The average molecular weight is 355 g/mol. The first-order valence-electron chi connectivity index (χ1n) is 8.07. The number of carbonyl (C=O) groups is 1. The Hall–Kier alpha value is -3.28. The second-order valence-electron chi connectivity index (χ2n) is 5.70. The molecule has 0 saturated heterocycles. The van der Waals surface area contributed by atoms with Crippen molar-refractivity contribution in [1.82, 2.24) is 4.90 Å². The molecule has 5 nitrogen and oxygen atoms in total. The Morgan fingerprint density at radius 3 is 2.50 bits per heavy atom. The van der Waals surface area contributed by atoms with Gasteiger partial charge in [0, 0.05) is 12.1 Å². The molecular weight excluding hydrogens is 337 g/mol. The number of hydrogen-bond donors (Lipinski definition) is 1. The van der Waals surface area contributed by atoms with E-state index in [0.717, 1.165) is 0 Å². The van der Waals surface area contributed by atoms with Crippen molar-refractivity contribution in [3.63, 3.8) is 0 Å². The second kappa shape index (κ2) is 8.20. The molecule has 0 atom stereocenters. The molecule has 1 heterocycles. The van der Waals surface area contributed by atoms with E-state index in [1.807, 2.05) is 0 Å². The quantitative estimate of drug-likeness (QED) is 0.701. The Balaban J connectivity index is 1.70. The number of benzene rings is 2. The van der Waals surface area contributed by atoms with Gasteiger partial charge in [-0.25, -0.2) is 4.39 Å². The predicted molar refractivity (Wildman–Crippen MR) is 93.0 cm³/mol. The van der Waals surface area contributed by atoms with Crippen molar-refractivity contribution in [3.05, 3.63) is 84.1 Å². The minimum absolute atomic E-state index is 0.115. The van der Waals surface area contributed by atoms with Gasteiger partial charge in [0.15, 0.2) is 6.61 Å². The maximum atomic E-state index is 12.9. The van der Waals surface area contributed by atoms with Gasteiger partial charge in [0.2, 0.25) is 0 Å². The number of furan rings is 1. The summed E-state index contributed by atoms with van der Waals surface area (Å²) in [7, 11) is 0. The number of phenols is 1. The summed E-state index contributed by atoms with van der Waals surface area (Å²) >= 11 is 0. The zero-order valence-corrected chi connectivity index (χ0v) is 14.0. The molecule has 6 heteroatoms. The van der Waals surface area contributed by atoms with Crippen molar-refractivity contribution in [1.29, 1.82) is 0 Å². The molecule has 0 aliphatic carbocycles. The first-order valence-corrected chi connectivity index (χ1v) is 8.07. The number of halogens is 1. The molecule has 0 bridgehead atoms. The maximum Gasteiger partial charge on any atom is 0.261 e. The van der Waals surface area contributed by atoms with Gasteiger partial charge in [-0.05, 0) is 42.5 Å². The number of phenolic OH excluding ortho intramolecular Hbond substituents is 1. The summed E-state index contributed by atoms with van der Waals surface area (Å²) in [6, 6.07) is 15.8. The molecule has 2 aromatic carbocycles. The minimum atomic E-state index is -0.373. The molecule has 26 heavy (non-hydrogen) atoms. The Morgan fingerprint density at radius 2 is 1.81 bits per heavy atom. The Kier molecular flexibility index (Phi) is 5.53. The predicted octanol–water partition coefficient (Wildman–Crippen LogP) is 3.73. The van der Waals surface area contributed by atoms with Gasteiger partial charge in [-0.15, -0.1) is 0 Å². The second-order valence-corrected chi connectivity index (χ2v) is 5.70. The standard InChI is InChI=1S/C20H18FNO4/c21-16-7-9-17(10-8-16)26-14-20(24)22(13-18-5-3-11-25-18)12-15-4-1-2-6-19(15)23/h1-11,23H,12-14H2. The number of ether oxygens (including phenoxy) is 1. The Morgan fingerprint density at radius 1 is 1.04 bits per heavy atom. The summed E-state index contributed by atoms with van der Waals surface area (Å²) < 4.78 is 23.7. The van der Waals surface area contributed by atoms with Gasteiger partial charge in [0.05, 0.1) is 12.8 Å². The third kappa shape index (κ3) is 4.63. The highest BCUT2D eigenvalue weighted by molar-refractivity contribution is 5.77. The van der Waals surface area contributed by atoms with Crippen molar-refractivity contribution < 1.29 is 23.4 Å². The van der Waals surface area contributed by atoms with E-state index < -0.39 is 0 Å². The highest BCUT2D eigenvalue weighted by atomic mass is 19.1. The first-order chi connectivity index (χ1) is 12.6. The molecule has 0 aliphatic rings. The first kappa shape index (κ1) is 17.5. The molecule has 3 rings (SSSR count). The normalized spacial score (nSPS) is 10.5. The van der Waals surface area contributed by atoms with Crippen LogP contribution in [0.1, 0.15) is 11.3 Å². The van der Waals surface area contributed by atoms with Gasteiger partial charge in [0.1, 0.15) is 23.1 Å². The number of amides is 1. The van der Waals surface area contributed by atoms with Crippen LogP contribution in [0.3, 0.4) is 0 Å². The minimum Gasteiger partial charge on any atom is -0.508 e. The van der Waals surface area contributed by atoms with Crippen molar-refractivity contribution in [3.8, 4) is 11.5 Å². The fourth-order valence-corrected chi connectivity index (χ4v) is 2.44. The smallest absolute Gasteiger partial charge is 0.261 e. The van der Waals surface area contributed by atoms with Gasteiger partial charge in [-0.2, -0.15) is 0 Å². The third-order valence-corrected chi connectivity index (χ3v) is 3.81. The van der Waals surface area contributed by atoms with Gasteiger partial charge < -0.3 is 19.2 Å². The molecule has 3 aromatic rings. The number of rotatable bonds is 7. The van der Waals surface area contributed by atoms with Crippen LogP contribution in [0.2, 0.25) is 0 Å². The summed E-state index contributed by atoms with van der Waals surface area (Å²) in [6.45, 7) is 0.242. The van der Waals surface area contributed by atoms with Crippen LogP contribution in [0.15, 0.2) is 71.3 Å². The molecule has 1 amide bonds. The van der Waals surface area contributed by atoms with E-state index in [1.165, 1.54) is 35.4 Å². The molecule has 0 aliphatic heterocycles.